The van der Waals surface area contributed by atoms with E-state index in [1.54, 1.807) is 0 Å². The minimum Gasteiger partial charge on any atom is -0.323 e. The second kappa shape index (κ2) is 8.16. The van der Waals surface area contributed by atoms with Crippen molar-refractivity contribution in [3.8, 4) is 0 Å². The van der Waals surface area contributed by atoms with E-state index in [-0.39, 0.29) is 23.0 Å². The van der Waals surface area contributed by atoms with Crippen molar-refractivity contribution in [2.75, 3.05) is 5.32 Å². The van der Waals surface area contributed by atoms with E-state index in [0.29, 0.717) is 0 Å². The number of halogens is 3. The van der Waals surface area contributed by atoms with Crippen LogP contribution in [-0.2, 0) is 18.3 Å². The summed E-state index contributed by atoms with van der Waals surface area (Å²) in [6.45, 7) is 0. The largest absolute Gasteiger partial charge is 0.323 e. The van der Waals surface area contributed by atoms with E-state index in [0.717, 1.165) is 26.7 Å². The van der Waals surface area contributed by atoms with Crippen molar-refractivity contribution in [2.45, 2.75) is 6.42 Å². The van der Waals surface area contributed by atoms with Crippen LogP contribution in [0.4, 0.5) is 15.8 Å². The number of nitrogens with zero attached hydrogens (tertiary/aromatic N) is 2. The fourth-order valence-corrected chi connectivity index (χ4v) is 3.58. The second-order valence-electron chi connectivity index (χ2n) is 5.51. The summed E-state index contributed by atoms with van der Waals surface area (Å²) in [4.78, 5) is 17.6. The second-order valence-corrected chi connectivity index (χ2v) is 7.69. The molecule has 134 valence electrons. The van der Waals surface area contributed by atoms with Gasteiger partial charge in [-0.05, 0) is 42.5 Å². The van der Waals surface area contributed by atoms with Crippen LogP contribution in [-0.4, -0.2) is 10.5 Å². The Kier molecular flexibility index (Phi) is 5.90. The smallest absolute Gasteiger partial charge is 0.230 e. The number of rotatable bonds is 4. The van der Waals surface area contributed by atoms with E-state index in [2.05, 4.69) is 26.2 Å². The molecule has 0 fully saturated rings. The SMILES string of the molecule is Cn1c(CC(=O)Nc2ccc(Cl)cc2F)csc1=Nc1ccc(Br)cc1. The van der Waals surface area contributed by atoms with Gasteiger partial charge < -0.3 is 9.88 Å². The summed E-state index contributed by atoms with van der Waals surface area (Å²) in [6.07, 6.45) is 0.116. The first-order valence-electron chi connectivity index (χ1n) is 7.61. The molecule has 2 aromatic carbocycles. The van der Waals surface area contributed by atoms with Gasteiger partial charge in [0.2, 0.25) is 5.91 Å². The molecule has 0 aliphatic heterocycles. The highest BCUT2D eigenvalue weighted by atomic mass is 79.9. The Morgan fingerprint density at radius 1 is 1.31 bits per heavy atom. The van der Waals surface area contributed by atoms with Gasteiger partial charge in [0.05, 0.1) is 17.8 Å². The minimum absolute atomic E-state index is 0.108. The quantitative estimate of drug-likeness (QED) is 0.589. The van der Waals surface area contributed by atoms with Crippen LogP contribution < -0.4 is 10.1 Å². The lowest BCUT2D eigenvalue weighted by molar-refractivity contribution is -0.115. The first-order valence-corrected chi connectivity index (χ1v) is 9.66. The van der Waals surface area contributed by atoms with Gasteiger partial charge in [-0.1, -0.05) is 27.5 Å². The number of aromatic nitrogens is 1. The number of amides is 1. The fourth-order valence-electron chi connectivity index (χ4n) is 2.24. The van der Waals surface area contributed by atoms with E-state index in [9.17, 15) is 9.18 Å². The van der Waals surface area contributed by atoms with Gasteiger partial charge in [0, 0.05) is 27.6 Å². The Balaban J connectivity index is 1.75. The molecular weight excluding hydrogens is 441 g/mol. The molecule has 0 atom stereocenters. The van der Waals surface area contributed by atoms with Crippen molar-refractivity contribution in [1.82, 2.24) is 4.57 Å². The number of hydrogen-bond donors (Lipinski definition) is 1. The first kappa shape index (κ1) is 18.8. The third-order valence-electron chi connectivity index (χ3n) is 3.62. The number of nitrogens with one attached hydrogen (secondary N) is 1. The zero-order valence-electron chi connectivity index (χ0n) is 13.7. The summed E-state index contributed by atoms with van der Waals surface area (Å²) < 4.78 is 16.6. The standard InChI is InChI=1S/C18H14BrClFN3OS/c1-24-14(9-17(25)23-16-7-4-12(20)8-15(16)21)10-26-18(24)22-13-5-2-11(19)3-6-13/h2-8,10H,9H2,1H3,(H,23,25). The van der Waals surface area contributed by atoms with Crippen molar-refractivity contribution in [3.05, 3.63) is 73.7 Å². The van der Waals surface area contributed by atoms with E-state index >= 15 is 0 Å². The summed E-state index contributed by atoms with van der Waals surface area (Å²) in [5, 5.41) is 4.71. The lowest BCUT2D eigenvalue weighted by atomic mass is 10.2. The number of benzene rings is 2. The normalized spacial score (nSPS) is 11.6. The summed E-state index contributed by atoms with van der Waals surface area (Å²) in [5.74, 6) is -0.874. The van der Waals surface area contributed by atoms with Gasteiger partial charge >= 0.3 is 0 Å². The lowest BCUT2D eigenvalue weighted by Crippen LogP contribution is -2.20. The highest BCUT2D eigenvalue weighted by Gasteiger charge is 2.11. The molecule has 0 bridgehead atoms. The Morgan fingerprint density at radius 3 is 2.73 bits per heavy atom. The Bertz CT molecular complexity index is 1010. The van der Waals surface area contributed by atoms with Crippen LogP contribution in [0.25, 0.3) is 0 Å². The summed E-state index contributed by atoms with van der Waals surface area (Å²) in [7, 11) is 1.85. The maximum Gasteiger partial charge on any atom is 0.230 e. The van der Waals surface area contributed by atoms with Crippen LogP contribution in [0, 0.1) is 5.82 Å². The molecule has 1 heterocycles. The molecule has 0 aliphatic rings. The first-order chi connectivity index (χ1) is 12.4. The topological polar surface area (TPSA) is 46.4 Å². The molecule has 4 nitrogen and oxygen atoms in total. The monoisotopic (exact) mass is 453 g/mol. The molecule has 0 saturated heterocycles. The summed E-state index contributed by atoms with van der Waals surface area (Å²) >= 11 is 10.5. The van der Waals surface area contributed by atoms with E-state index in [1.807, 2.05) is 41.3 Å². The Morgan fingerprint density at radius 2 is 2.04 bits per heavy atom. The van der Waals surface area contributed by atoms with E-state index < -0.39 is 5.82 Å². The van der Waals surface area contributed by atoms with Crippen molar-refractivity contribution in [3.63, 3.8) is 0 Å². The van der Waals surface area contributed by atoms with Crippen molar-refractivity contribution < 1.29 is 9.18 Å². The maximum absolute atomic E-state index is 13.8. The lowest BCUT2D eigenvalue weighted by Gasteiger charge is -2.07. The molecule has 0 saturated carbocycles. The Hall–Kier alpha value is -1.96. The molecule has 1 amide bonds. The van der Waals surface area contributed by atoms with Gasteiger partial charge in [-0.2, -0.15) is 0 Å². The Labute approximate surface area is 167 Å². The van der Waals surface area contributed by atoms with Gasteiger partial charge in [0.15, 0.2) is 4.80 Å². The molecule has 0 radical (unpaired) electrons. The molecule has 8 heteroatoms. The zero-order valence-corrected chi connectivity index (χ0v) is 16.8. The molecule has 0 unspecified atom stereocenters. The summed E-state index contributed by atoms with van der Waals surface area (Å²) in [6, 6.07) is 11.8. The highest BCUT2D eigenvalue weighted by Crippen LogP contribution is 2.19. The van der Waals surface area contributed by atoms with Crippen LogP contribution in [0.15, 0.2) is 57.3 Å². The molecule has 0 spiro atoms. The molecule has 0 aliphatic carbocycles. The fraction of sp³-hybridized carbons (Fsp3) is 0.111. The summed E-state index contributed by atoms with van der Waals surface area (Å²) in [5.41, 5.74) is 1.72. The van der Waals surface area contributed by atoms with Crippen molar-refractivity contribution in [2.24, 2.45) is 12.0 Å². The van der Waals surface area contributed by atoms with Crippen LogP contribution in [0.5, 0.6) is 0 Å². The maximum atomic E-state index is 13.8. The molecule has 1 aromatic heterocycles. The van der Waals surface area contributed by atoms with Crippen molar-refractivity contribution in [1.29, 1.82) is 0 Å². The predicted molar refractivity (Wildman–Crippen MR) is 106 cm³/mol. The molecule has 3 aromatic rings. The van der Waals surface area contributed by atoms with E-state index in [4.69, 9.17) is 11.6 Å². The molecular formula is C18H14BrClFN3OS. The molecule has 26 heavy (non-hydrogen) atoms. The van der Waals surface area contributed by atoms with Gasteiger partial charge in [-0.3, -0.25) is 4.79 Å². The predicted octanol–water partition coefficient (Wildman–Crippen LogP) is 5.06. The number of carbonyl (C=O) groups is 1. The minimum atomic E-state index is -0.563. The van der Waals surface area contributed by atoms with Gasteiger partial charge in [-0.15, -0.1) is 11.3 Å². The number of thiazole rings is 1. The van der Waals surface area contributed by atoms with Crippen LogP contribution >= 0.6 is 38.9 Å². The van der Waals surface area contributed by atoms with Crippen LogP contribution in [0.2, 0.25) is 5.02 Å². The zero-order chi connectivity index (χ0) is 18.7. The molecule has 1 N–H and O–H groups in total. The average molecular weight is 455 g/mol. The van der Waals surface area contributed by atoms with Crippen molar-refractivity contribution >= 4 is 56.1 Å². The van der Waals surface area contributed by atoms with E-state index in [1.165, 1.54) is 23.5 Å². The number of anilines is 1. The number of carbonyl (C=O) groups excluding carboxylic acids is 1. The average Bonchev–Trinajstić information content (AvgIpc) is 2.93. The number of hydrogen-bond acceptors (Lipinski definition) is 3. The van der Waals surface area contributed by atoms with Gasteiger partial charge in [0.25, 0.3) is 0 Å². The highest BCUT2D eigenvalue weighted by molar-refractivity contribution is 9.10. The van der Waals surface area contributed by atoms with Gasteiger partial charge in [0.1, 0.15) is 5.82 Å². The third kappa shape index (κ3) is 4.60. The van der Waals surface area contributed by atoms with Crippen LogP contribution in [0.3, 0.4) is 0 Å². The third-order valence-corrected chi connectivity index (χ3v) is 5.35. The van der Waals surface area contributed by atoms with Gasteiger partial charge in [-0.25, -0.2) is 9.38 Å². The van der Waals surface area contributed by atoms with Crippen LogP contribution in [0.1, 0.15) is 5.69 Å². The molecule has 3 rings (SSSR count).